The minimum atomic E-state index is -0.171. The number of nitrogens with one attached hydrogen (secondary N) is 1. The predicted molar refractivity (Wildman–Crippen MR) is 92.8 cm³/mol. The quantitative estimate of drug-likeness (QED) is 0.740. The van der Waals surface area contributed by atoms with Crippen molar-refractivity contribution in [2.45, 2.75) is 6.54 Å². The molecule has 0 saturated carbocycles. The van der Waals surface area contributed by atoms with Gasteiger partial charge >= 0.3 is 0 Å². The fourth-order valence-corrected chi connectivity index (χ4v) is 2.65. The third-order valence-electron chi connectivity index (χ3n) is 3.34. The molecular formula is C18H16N2O3S. The van der Waals surface area contributed by atoms with Crippen LogP contribution in [-0.4, -0.2) is 18.0 Å². The van der Waals surface area contributed by atoms with Gasteiger partial charge in [0.15, 0.2) is 0 Å². The minimum Gasteiger partial charge on any atom is -0.496 e. The summed E-state index contributed by atoms with van der Waals surface area (Å²) >= 11 is 1.44. The van der Waals surface area contributed by atoms with Crippen LogP contribution >= 0.6 is 11.3 Å². The topological polar surface area (TPSA) is 60.5 Å². The highest BCUT2D eigenvalue weighted by Gasteiger charge is 2.10. The molecule has 1 N–H and O–H groups in total. The Bertz CT molecular complexity index is 801. The summed E-state index contributed by atoms with van der Waals surface area (Å²) in [6, 6.07) is 14.7. The van der Waals surface area contributed by atoms with Gasteiger partial charge in [-0.15, -0.1) is 0 Å². The zero-order chi connectivity index (χ0) is 16.8. The number of ether oxygens (including phenoxy) is 2. The lowest BCUT2D eigenvalue weighted by Crippen LogP contribution is -2.23. The van der Waals surface area contributed by atoms with Crippen molar-refractivity contribution in [3.8, 4) is 16.7 Å². The van der Waals surface area contributed by atoms with Crippen LogP contribution in [0.4, 0.5) is 0 Å². The van der Waals surface area contributed by atoms with Crippen LogP contribution in [0.2, 0.25) is 0 Å². The number of methoxy groups -OCH3 is 1. The maximum atomic E-state index is 12.3. The number of nitrogens with zero attached hydrogens (tertiary/aromatic N) is 1. The van der Waals surface area contributed by atoms with Crippen molar-refractivity contribution in [2.24, 2.45) is 0 Å². The van der Waals surface area contributed by atoms with Crippen LogP contribution in [0.25, 0.3) is 0 Å². The van der Waals surface area contributed by atoms with Crippen LogP contribution in [0.3, 0.4) is 0 Å². The standard InChI is InChI=1S/C18H16N2O3S/c1-22-16-5-3-2-4-15(16)17(21)20-12-13-6-8-14(9-7-13)23-18-19-10-11-24-18/h2-11H,12H2,1H3,(H,20,21). The van der Waals surface area contributed by atoms with Crippen LogP contribution in [-0.2, 0) is 6.54 Å². The zero-order valence-corrected chi connectivity index (χ0v) is 13.9. The van der Waals surface area contributed by atoms with Gasteiger partial charge in [0.1, 0.15) is 11.5 Å². The monoisotopic (exact) mass is 340 g/mol. The van der Waals surface area contributed by atoms with E-state index in [-0.39, 0.29) is 5.91 Å². The van der Waals surface area contributed by atoms with E-state index in [2.05, 4.69) is 10.3 Å². The first-order chi connectivity index (χ1) is 11.8. The number of hydrogen-bond donors (Lipinski definition) is 1. The Hall–Kier alpha value is -2.86. The van der Waals surface area contributed by atoms with Crippen LogP contribution in [0.15, 0.2) is 60.1 Å². The maximum absolute atomic E-state index is 12.3. The van der Waals surface area contributed by atoms with Crippen LogP contribution in [0.1, 0.15) is 15.9 Å². The molecule has 0 bridgehead atoms. The number of benzene rings is 2. The van der Waals surface area contributed by atoms with E-state index in [4.69, 9.17) is 9.47 Å². The summed E-state index contributed by atoms with van der Waals surface area (Å²) in [4.78, 5) is 16.3. The molecule has 0 aliphatic carbocycles. The van der Waals surface area contributed by atoms with E-state index in [0.29, 0.717) is 28.8 Å². The molecule has 0 aliphatic heterocycles. The number of hydrogen-bond acceptors (Lipinski definition) is 5. The molecule has 0 unspecified atom stereocenters. The van der Waals surface area contributed by atoms with E-state index >= 15 is 0 Å². The first-order valence-corrected chi connectivity index (χ1v) is 8.22. The second-order valence-corrected chi connectivity index (χ2v) is 5.78. The van der Waals surface area contributed by atoms with Gasteiger partial charge < -0.3 is 14.8 Å². The average Bonchev–Trinajstić information content (AvgIpc) is 3.14. The minimum absolute atomic E-state index is 0.171. The maximum Gasteiger partial charge on any atom is 0.278 e. The number of amides is 1. The van der Waals surface area contributed by atoms with E-state index in [9.17, 15) is 4.79 Å². The normalized spacial score (nSPS) is 10.2. The zero-order valence-electron chi connectivity index (χ0n) is 13.1. The third-order valence-corrected chi connectivity index (χ3v) is 3.99. The SMILES string of the molecule is COc1ccccc1C(=O)NCc1ccc(Oc2nccs2)cc1. The van der Waals surface area contributed by atoms with Gasteiger partial charge in [0.05, 0.1) is 12.7 Å². The summed E-state index contributed by atoms with van der Waals surface area (Å²) < 4.78 is 10.8. The second-order valence-electron chi connectivity index (χ2n) is 4.93. The fraction of sp³-hybridized carbons (Fsp3) is 0.111. The molecule has 24 heavy (non-hydrogen) atoms. The molecule has 6 heteroatoms. The Labute approximate surface area is 143 Å². The first kappa shape index (κ1) is 16.0. The number of carbonyl (C=O) groups excluding carboxylic acids is 1. The Morgan fingerprint density at radius 3 is 2.67 bits per heavy atom. The van der Waals surface area contributed by atoms with E-state index in [1.807, 2.05) is 41.8 Å². The second kappa shape index (κ2) is 7.61. The molecule has 0 radical (unpaired) electrons. The van der Waals surface area contributed by atoms with Gasteiger partial charge in [-0.25, -0.2) is 4.98 Å². The van der Waals surface area contributed by atoms with E-state index in [0.717, 1.165) is 5.56 Å². The van der Waals surface area contributed by atoms with Gasteiger partial charge in [-0.2, -0.15) is 0 Å². The van der Waals surface area contributed by atoms with Crippen LogP contribution in [0.5, 0.6) is 16.7 Å². The van der Waals surface area contributed by atoms with Gasteiger partial charge in [0.2, 0.25) is 0 Å². The van der Waals surface area contributed by atoms with Gasteiger partial charge in [0, 0.05) is 18.1 Å². The Balaban J connectivity index is 1.59. The van der Waals surface area contributed by atoms with Crippen molar-refractivity contribution < 1.29 is 14.3 Å². The van der Waals surface area contributed by atoms with Crippen molar-refractivity contribution in [1.29, 1.82) is 0 Å². The van der Waals surface area contributed by atoms with Gasteiger partial charge in [0.25, 0.3) is 11.1 Å². The summed E-state index contributed by atoms with van der Waals surface area (Å²) in [6.45, 7) is 0.425. The van der Waals surface area contributed by atoms with Crippen molar-refractivity contribution in [3.63, 3.8) is 0 Å². The van der Waals surface area contributed by atoms with E-state index in [1.54, 1.807) is 25.4 Å². The molecule has 2 aromatic carbocycles. The van der Waals surface area contributed by atoms with Crippen molar-refractivity contribution in [1.82, 2.24) is 10.3 Å². The number of para-hydroxylation sites is 1. The first-order valence-electron chi connectivity index (χ1n) is 7.34. The third kappa shape index (κ3) is 3.91. The van der Waals surface area contributed by atoms with Gasteiger partial charge in [-0.05, 0) is 29.8 Å². The molecule has 122 valence electrons. The lowest BCUT2D eigenvalue weighted by atomic mass is 10.1. The fourth-order valence-electron chi connectivity index (χ4n) is 2.15. The molecule has 5 nitrogen and oxygen atoms in total. The molecule has 3 rings (SSSR count). The highest BCUT2D eigenvalue weighted by molar-refractivity contribution is 7.11. The lowest BCUT2D eigenvalue weighted by Gasteiger charge is -2.09. The van der Waals surface area contributed by atoms with E-state index in [1.165, 1.54) is 11.3 Å². The van der Waals surface area contributed by atoms with Gasteiger partial charge in [-0.1, -0.05) is 35.6 Å². The largest absolute Gasteiger partial charge is 0.496 e. The smallest absolute Gasteiger partial charge is 0.278 e. The van der Waals surface area contributed by atoms with Crippen LogP contribution in [0, 0.1) is 0 Å². The van der Waals surface area contributed by atoms with Crippen molar-refractivity contribution in [3.05, 3.63) is 71.2 Å². The molecule has 0 saturated heterocycles. The lowest BCUT2D eigenvalue weighted by molar-refractivity contribution is 0.0948. The van der Waals surface area contributed by atoms with Crippen molar-refractivity contribution >= 4 is 17.2 Å². The van der Waals surface area contributed by atoms with Crippen LogP contribution < -0.4 is 14.8 Å². The van der Waals surface area contributed by atoms with Gasteiger partial charge in [-0.3, -0.25) is 4.79 Å². The Kier molecular flexibility index (Phi) is 5.08. The molecule has 0 atom stereocenters. The molecule has 1 aromatic heterocycles. The molecular weight excluding hydrogens is 324 g/mol. The number of rotatable bonds is 6. The highest BCUT2D eigenvalue weighted by Crippen LogP contribution is 2.23. The molecule has 1 heterocycles. The predicted octanol–water partition coefficient (Wildman–Crippen LogP) is 3.87. The summed E-state index contributed by atoms with van der Waals surface area (Å²) in [5.41, 5.74) is 1.49. The Morgan fingerprint density at radius 1 is 1.17 bits per heavy atom. The summed E-state index contributed by atoms with van der Waals surface area (Å²) in [5.74, 6) is 1.10. The molecule has 0 spiro atoms. The van der Waals surface area contributed by atoms with E-state index < -0.39 is 0 Å². The number of thiazole rings is 1. The molecule has 0 fully saturated rings. The molecule has 3 aromatic rings. The summed E-state index contributed by atoms with van der Waals surface area (Å²) in [5, 5.41) is 5.35. The molecule has 1 amide bonds. The summed E-state index contributed by atoms with van der Waals surface area (Å²) in [7, 11) is 1.55. The molecule has 0 aliphatic rings. The Morgan fingerprint density at radius 2 is 1.96 bits per heavy atom. The summed E-state index contributed by atoms with van der Waals surface area (Å²) in [6.07, 6.45) is 1.70. The van der Waals surface area contributed by atoms with Crippen molar-refractivity contribution in [2.75, 3.05) is 7.11 Å². The highest BCUT2D eigenvalue weighted by atomic mass is 32.1. The average molecular weight is 340 g/mol. The number of carbonyl (C=O) groups is 1. The number of aromatic nitrogens is 1.